The van der Waals surface area contributed by atoms with E-state index in [1.165, 1.54) is 6.92 Å². The lowest BCUT2D eigenvalue weighted by molar-refractivity contribution is -0.162. The third-order valence-electron chi connectivity index (χ3n) is 4.10. The molecule has 6 heteroatoms. The Hall–Kier alpha value is -3.64. The number of hydrogen-bond donors (Lipinski definition) is 2. The zero-order valence-electron chi connectivity index (χ0n) is 15.8. The molecular formula is C23H21NO5. The second-order valence-corrected chi connectivity index (χ2v) is 6.32. The van der Waals surface area contributed by atoms with Crippen LogP contribution in [0.3, 0.4) is 0 Å². The summed E-state index contributed by atoms with van der Waals surface area (Å²) in [6, 6.07) is 24.5. The molecule has 0 radical (unpaired) electrons. The van der Waals surface area contributed by atoms with E-state index in [0.29, 0.717) is 22.7 Å². The van der Waals surface area contributed by atoms with Gasteiger partial charge in [-0.2, -0.15) is 0 Å². The van der Waals surface area contributed by atoms with Crippen LogP contribution in [0.25, 0.3) is 0 Å². The van der Waals surface area contributed by atoms with Gasteiger partial charge in [0.1, 0.15) is 11.5 Å². The smallest absolute Gasteiger partial charge is 0.340 e. The van der Waals surface area contributed by atoms with Crippen LogP contribution in [0.15, 0.2) is 84.9 Å². The molecule has 0 unspecified atom stereocenters. The van der Waals surface area contributed by atoms with Gasteiger partial charge in [0.2, 0.25) is 0 Å². The molecule has 0 aliphatic rings. The third-order valence-corrected chi connectivity index (χ3v) is 4.10. The van der Waals surface area contributed by atoms with Crippen molar-refractivity contribution in [3.8, 4) is 11.5 Å². The van der Waals surface area contributed by atoms with Gasteiger partial charge in [0.25, 0.3) is 5.91 Å². The van der Waals surface area contributed by atoms with Crippen molar-refractivity contribution in [3.05, 3.63) is 90.5 Å². The fourth-order valence-electron chi connectivity index (χ4n) is 2.54. The average Bonchev–Trinajstić information content (AvgIpc) is 2.75. The molecule has 0 bridgehead atoms. The number of benzene rings is 3. The lowest BCUT2D eigenvalue weighted by atomic mass is 10.1. The molecule has 6 nitrogen and oxygen atoms in total. The maximum atomic E-state index is 12.3. The molecule has 1 amide bonds. The van der Waals surface area contributed by atoms with Crippen LogP contribution in [0, 0.1) is 0 Å². The molecule has 2 N–H and O–H groups in total. The minimum Gasteiger partial charge on any atom is -0.457 e. The molecular weight excluding hydrogens is 370 g/mol. The lowest BCUT2D eigenvalue weighted by Crippen LogP contribution is -2.31. The first kappa shape index (κ1) is 20.1. The molecule has 0 heterocycles. The van der Waals surface area contributed by atoms with E-state index in [0.717, 1.165) is 0 Å². The number of para-hydroxylation sites is 1. The number of nitrogens with one attached hydrogen (secondary N) is 1. The highest BCUT2D eigenvalue weighted by atomic mass is 16.6. The van der Waals surface area contributed by atoms with Crippen molar-refractivity contribution < 1.29 is 24.2 Å². The van der Waals surface area contributed by atoms with Crippen LogP contribution in [0.5, 0.6) is 11.5 Å². The number of anilines is 1. The Morgan fingerprint density at radius 3 is 2.00 bits per heavy atom. The van der Waals surface area contributed by atoms with Crippen LogP contribution in [-0.2, 0) is 14.3 Å². The van der Waals surface area contributed by atoms with E-state index in [2.05, 4.69) is 5.32 Å². The molecule has 2 atom stereocenters. The van der Waals surface area contributed by atoms with Gasteiger partial charge in [-0.05, 0) is 48.9 Å². The van der Waals surface area contributed by atoms with E-state index in [-0.39, 0.29) is 0 Å². The fraction of sp³-hybridized carbons (Fsp3) is 0.130. The first-order chi connectivity index (χ1) is 14.0. The molecule has 3 aromatic rings. The summed E-state index contributed by atoms with van der Waals surface area (Å²) in [6.07, 6.45) is -2.51. The second-order valence-electron chi connectivity index (χ2n) is 6.32. The van der Waals surface area contributed by atoms with Gasteiger partial charge in [-0.3, -0.25) is 4.79 Å². The van der Waals surface area contributed by atoms with Crippen molar-refractivity contribution in [1.29, 1.82) is 0 Å². The van der Waals surface area contributed by atoms with E-state index in [1.807, 2.05) is 30.3 Å². The number of ether oxygens (including phenoxy) is 2. The molecule has 0 fully saturated rings. The van der Waals surface area contributed by atoms with Crippen molar-refractivity contribution in [1.82, 2.24) is 0 Å². The Kier molecular flexibility index (Phi) is 6.60. The molecule has 0 aliphatic carbocycles. The third kappa shape index (κ3) is 5.67. The molecule has 29 heavy (non-hydrogen) atoms. The van der Waals surface area contributed by atoms with Crippen LogP contribution < -0.4 is 10.1 Å². The number of carbonyl (C=O) groups excluding carboxylic acids is 2. The van der Waals surface area contributed by atoms with E-state index >= 15 is 0 Å². The quantitative estimate of drug-likeness (QED) is 0.593. The van der Waals surface area contributed by atoms with Crippen LogP contribution >= 0.6 is 0 Å². The summed E-state index contributed by atoms with van der Waals surface area (Å²) in [6.45, 7) is 1.44. The van der Waals surface area contributed by atoms with Gasteiger partial charge in [0.15, 0.2) is 12.2 Å². The number of amides is 1. The van der Waals surface area contributed by atoms with Crippen molar-refractivity contribution in [2.24, 2.45) is 0 Å². The Morgan fingerprint density at radius 1 is 0.828 bits per heavy atom. The van der Waals surface area contributed by atoms with Crippen LogP contribution in [0.4, 0.5) is 5.69 Å². The van der Waals surface area contributed by atoms with Crippen LogP contribution in [0.2, 0.25) is 0 Å². The van der Waals surface area contributed by atoms with E-state index in [9.17, 15) is 14.7 Å². The first-order valence-electron chi connectivity index (χ1n) is 9.10. The fourth-order valence-corrected chi connectivity index (χ4v) is 2.54. The number of aliphatic hydroxyl groups is 1. The minimum absolute atomic E-state index is 0.402. The zero-order valence-corrected chi connectivity index (χ0v) is 15.8. The summed E-state index contributed by atoms with van der Waals surface area (Å²) in [7, 11) is 0. The number of esters is 1. The molecule has 0 saturated heterocycles. The molecule has 0 aliphatic heterocycles. The number of hydrogen-bond acceptors (Lipinski definition) is 5. The molecule has 0 saturated carbocycles. The van der Waals surface area contributed by atoms with E-state index < -0.39 is 24.1 Å². The van der Waals surface area contributed by atoms with Crippen LogP contribution in [0.1, 0.15) is 18.6 Å². The number of aliphatic hydroxyl groups excluding tert-OH is 1. The molecule has 3 aromatic carbocycles. The summed E-state index contributed by atoms with van der Waals surface area (Å²) in [5.74, 6) is -0.0535. The maximum absolute atomic E-state index is 12.3. The predicted molar refractivity (Wildman–Crippen MR) is 109 cm³/mol. The minimum atomic E-state index is -1.44. The highest BCUT2D eigenvalue weighted by molar-refractivity contribution is 5.95. The molecule has 0 spiro atoms. The van der Waals surface area contributed by atoms with Crippen molar-refractivity contribution in [2.45, 2.75) is 19.1 Å². The van der Waals surface area contributed by atoms with Gasteiger partial charge in [-0.1, -0.05) is 48.5 Å². The van der Waals surface area contributed by atoms with Gasteiger partial charge in [0, 0.05) is 5.69 Å². The predicted octanol–water partition coefficient (Wildman–Crippen LogP) is 4.08. The van der Waals surface area contributed by atoms with Gasteiger partial charge in [-0.25, -0.2) is 4.79 Å². The summed E-state index contributed by atoms with van der Waals surface area (Å²) >= 11 is 0. The average molecular weight is 391 g/mol. The largest absolute Gasteiger partial charge is 0.457 e. The Bertz CT molecular complexity index is 942. The number of carbonyl (C=O) groups is 2. The van der Waals surface area contributed by atoms with Gasteiger partial charge in [-0.15, -0.1) is 0 Å². The monoisotopic (exact) mass is 391 g/mol. The Labute approximate surface area is 168 Å². The summed E-state index contributed by atoms with van der Waals surface area (Å²) in [5.41, 5.74) is 0.932. The Morgan fingerprint density at radius 2 is 1.38 bits per heavy atom. The highest BCUT2D eigenvalue weighted by Crippen LogP contribution is 2.23. The van der Waals surface area contributed by atoms with Crippen LogP contribution in [-0.4, -0.2) is 23.1 Å². The molecule has 148 valence electrons. The standard InChI is InChI=1S/C23H21NO5/c1-16(28-23(27)21(25)17-8-4-2-5-9-17)22(26)24-18-12-14-20(15-13-18)29-19-10-6-3-7-11-19/h2-16,21,25H,1H3,(H,24,26)/t16-,21-/m0/s1. The SMILES string of the molecule is C[C@H](OC(=O)[C@@H](O)c1ccccc1)C(=O)Nc1ccc(Oc2ccccc2)cc1. The highest BCUT2D eigenvalue weighted by Gasteiger charge is 2.24. The van der Waals surface area contributed by atoms with E-state index in [1.54, 1.807) is 54.6 Å². The first-order valence-corrected chi connectivity index (χ1v) is 9.10. The molecule has 3 rings (SSSR count). The maximum Gasteiger partial charge on any atom is 0.340 e. The van der Waals surface area contributed by atoms with Crippen molar-refractivity contribution in [2.75, 3.05) is 5.32 Å². The molecule has 0 aromatic heterocycles. The topological polar surface area (TPSA) is 84.9 Å². The summed E-state index contributed by atoms with van der Waals surface area (Å²) in [4.78, 5) is 24.3. The van der Waals surface area contributed by atoms with E-state index in [4.69, 9.17) is 9.47 Å². The van der Waals surface area contributed by atoms with Crippen molar-refractivity contribution >= 4 is 17.6 Å². The normalized spacial score (nSPS) is 12.5. The van der Waals surface area contributed by atoms with Gasteiger partial charge in [0.05, 0.1) is 0 Å². The Balaban J connectivity index is 1.53. The van der Waals surface area contributed by atoms with Gasteiger partial charge >= 0.3 is 5.97 Å². The van der Waals surface area contributed by atoms with Gasteiger partial charge < -0.3 is 19.9 Å². The second kappa shape index (κ2) is 9.52. The van der Waals surface area contributed by atoms with Crippen molar-refractivity contribution in [3.63, 3.8) is 0 Å². The summed E-state index contributed by atoms with van der Waals surface area (Å²) < 4.78 is 10.8. The zero-order chi connectivity index (χ0) is 20.6. The lowest BCUT2D eigenvalue weighted by Gasteiger charge is -2.16. The summed E-state index contributed by atoms with van der Waals surface area (Å²) in [5, 5.41) is 12.7. The number of rotatable bonds is 7.